The molecule has 6 heteroatoms. The van der Waals surface area contributed by atoms with Crippen molar-refractivity contribution in [3.8, 4) is 22.4 Å². The van der Waals surface area contributed by atoms with Crippen molar-refractivity contribution in [1.29, 1.82) is 0 Å². The first-order valence-corrected chi connectivity index (χ1v) is 6.64. The van der Waals surface area contributed by atoms with E-state index in [-0.39, 0.29) is 0 Å². The van der Waals surface area contributed by atoms with Gasteiger partial charge in [-0.25, -0.2) is 0 Å². The second-order valence-corrected chi connectivity index (χ2v) is 5.21. The summed E-state index contributed by atoms with van der Waals surface area (Å²) in [5.74, 6) is 0.533. The number of aryl methyl sites for hydroxylation is 1. The molecule has 4 nitrogen and oxygen atoms in total. The van der Waals surface area contributed by atoms with E-state index >= 15 is 0 Å². The number of hydrogen-bond donors (Lipinski definition) is 1. The minimum absolute atomic E-state index is 0.530. The van der Waals surface area contributed by atoms with Gasteiger partial charge in [0.15, 0.2) is 0 Å². The summed E-state index contributed by atoms with van der Waals surface area (Å²) in [5.41, 5.74) is 9.26. The van der Waals surface area contributed by atoms with E-state index in [4.69, 9.17) is 33.4 Å². The summed E-state index contributed by atoms with van der Waals surface area (Å²) in [4.78, 5) is 0. The van der Waals surface area contributed by atoms with Crippen molar-refractivity contribution in [2.75, 3.05) is 5.73 Å². The van der Waals surface area contributed by atoms with E-state index in [9.17, 15) is 0 Å². The standard InChI is InChI=1S/C14H11Cl2N3O/c1-19-14(17)12(10-3-2-9(15)6-11(10)16)13(18-19)8-4-5-20-7-8/h2-7H,17H2,1H3. The van der Waals surface area contributed by atoms with Crippen LogP contribution in [0.15, 0.2) is 41.2 Å². The Hall–Kier alpha value is -1.91. The number of nitrogen functional groups attached to an aromatic ring is 1. The lowest BCUT2D eigenvalue weighted by Crippen LogP contribution is -1.98. The van der Waals surface area contributed by atoms with Crippen LogP contribution in [0.5, 0.6) is 0 Å². The summed E-state index contributed by atoms with van der Waals surface area (Å²) in [6, 6.07) is 7.12. The Kier molecular flexibility index (Phi) is 3.20. The zero-order valence-corrected chi connectivity index (χ0v) is 12.1. The third-order valence-electron chi connectivity index (χ3n) is 3.09. The summed E-state index contributed by atoms with van der Waals surface area (Å²) in [7, 11) is 1.78. The van der Waals surface area contributed by atoms with Gasteiger partial charge in [0.05, 0.1) is 23.1 Å². The molecule has 0 radical (unpaired) electrons. The van der Waals surface area contributed by atoms with Crippen LogP contribution in [0.2, 0.25) is 10.0 Å². The van der Waals surface area contributed by atoms with Gasteiger partial charge in [-0.1, -0.05) is 29.3 Å². The monoisotopic (exact) mass is 307 g/mol. The van der Waals surface area contributed by atoms with Gasteiger partial charge in [0.2, 0.25) is 0 Å². The van der Waals surface area contributed by atoms with Gasteiger partial charge in [-0.3, -0.25) is 4.68 Å². The molecule has 20 heavy (non-hydrogen) atoms. The molecular weight excluding hydrogens is 297 g/mol. The molecule has 0 atom stereocenters. The summed E-state index contributed by atoms with van der Waals surface area (Å²) in [6.45, 7) is 0. The molecule has 0 aliphatic heterocycles. The molecule has 3 rings (SSSR count). The number of furan rings is 1. The first-order valence-electron chi connectivity index (χ1n) is 5.88. The minimum Gasteiger partial charge on any atom is -0.472 e. The quantitative estimate of drug-likeness (QED) is 0.770. The fourth-order valence-corrected chi connectivity index (χ4v) is 2.60. The maximum atomic E-state index is 6.28. The average Bonchev–Trinajstić information content (AvgIpc) is 3.01. The molecule has 0 fully saturated rings. The zero-order valence-electron chi connectivity index (χ0n) is 10.6. The Morgan fingerprint density at radius 1 is 1.25 bits per heavy atom. The molecule has 2 aromatic heterocycles. The highest BCUT2D eigenvalue weighted by Crippen LogP contribution is 2.40. The summed E-state index contributed by atoms with van der Waals surface area (Å²) < 4.78 is 6.73. The van der Waals surface area contributed by atoms with Gasteiger partial charge in [-0.05, 0) is 18.2 Å². The number of nitrogens with zero attached hydrogens (tertiary/aromatic N) is 2. The van der Waals surface area contributed by atoms with E-state index in [0.29, 0.717) is 15.9 Å². The predicted octanol–water partition coefficient (Wildman–Crippen LogP) is 4.24. The molecule has 0 unspecified atom stereocenters. The molecule has 102 valence electrons. The average molecular weight is 308 g/mol. The van der Waals surface area contributed by atoms with Crippen molar-refractivity contribution < 1.29 is 4.42 Å². The third-order valence-corrected chi connectivity index (χ3v) is 3.63. The van der Waals surface area contributed by atoms with Gasteiger partial charge >= 0.3 is 0 Å². The van der Waals surface area contributed by atoms with E-state index in [1.165, 1.54) is 0 Å². The number of nitrogens with two attached hydrogens (primary N) is 1. The predicted molar refractivity (Wildman–Crippen MR) is 80.8 cm³/mol. The topological polar surface area (TPSA) is 57.0 Å². The van der Waals surface area contributed by atoms with Gasteiger partial charge < -0.3 is 10.2 Å². The molecular formula is C14H11Cl2N3O. The highest BCUT2D eigenvalue weighted by Gasteiger charge is 2.20. The number of rotatable bonds is 2. The van der Waals surface area contributed by atoms with Crippen LogP contribution in [0.4, 0.5) is 5.82 Å². The molecule has 0 saturated heterocycles. The highest BCUT2D eigenvalue weighted by atomic mass is 35.5. The van der Waals surface area contributed by atoms with Gasteiger partial charge in [0.25, 0.3) is 0 Å². The molecule has 0 spiro atoms. The van der Waals surface area contributed by atoms with Gasteiger partial charge in [-0.15, -0.1) is 0 Å². The zero-order chi connectivity index (χ0) is 14.3. The van der Waals surface area contributed by atoms with Crippen molar-refractivity contribution in [1.82, 2.24) is 9.78 Å². The summed E-state index contributed by atoms with van der Waals surface area (Å²) in [5, 5.41) is 5.54. The number of benzene rings is 1. The molecule has 0 amide bonds. The van der Waals surface area contributed by atoms with Crippen molar-refractivity contribution in [2.24, 2.45) is 7.05 Å². The van der Waals surface area contributed by atoms with Gasteiger partial charge in [0, 0.05) is 23.2 Å². The molecule has 1 aromatic carbocycles. The van der Waals surface area contributed by atoms with Crippen LogP contribution < -0.4 is 5.73 Å². The van der Waals surface area contributed by atoms with E-state index in [1.54, 1.807) is 36.4 Å². The van der Waals surface area contributed by atoms with E-state index in [0.717, 1.165) is 22.4 Å². The normalized spacial score (nSPS) is 10.9. The van der Waals surface area contributed by atoms with Crippen LogP contribution >= 0.6 is 23.2 Å². The fraction of sp³-hybridized carbons (Fsp3) is 0.0714. The lowest BCUT2D eigenvalue weighted by molar-refractivity contribution is 0.568. The van der Waals surface area contributed by atoms with E-state index in [2.05, 4.69) is 5.10 Å². The van der Waals surface area contributed by atoms with Crippen molar-refractivity contribution in [2.45, 2.75) is 0 Å². The number of aromatic nitrogens is 2. The van der Waals surface area contributed by atoms with Crippen LogP contribution in [-0.4, -0.2) is 9.78 Å². The molecule has 0 saturated carbocycles. The maximum Gasteiger partial charge on any atom is 0.129 e. The highest BCUT2D eigenvalue weighted by molar-refractivity contribution is 6.36. The SMILES string of the molecule is Cn1nc(-c2ccoc2)c(-c2ccc(Cl)cc2Cl)c1N. The van der Waals surface area contributed by atoms with Crippen LogP contribution in [0.25, 0.3) is 22.4 Å². The summed E-state index contributed by atoms with van der Waals surface area (Å²) in [6.07, 6.45) is 3.21. The number of anilines is 1. The first-order chi connectivity index (χ1) is 9.58. The molecule has 2 N–H and O–H groups in total. The van der Waals surface area contributed by atoms with Crippen molar-refractivity contribution in [3.05, 3.63) is 46.8 Å². The summed E-state index contributed by atoms with van der Waals surface area (Å²) >= 11 is 12.2. The van der Waals surface area contributed by atoms with Crippen LogP contribution in [0.1, 0.15) is 0 Å². The Labute approximate surface area is 125 Å². The Balaban J connectivity index is 2.28. The molecule has 3 aromatic rings. The Morgan fingerprint density at radius 3 is 2.70 bits per heavy atom. The molecule has 0 aliphatic carbocycles. The maximum absolute atomic E-state index is 6.28. The van der Waals surface area contributed by atoms with E-state index in [1.807, 2.05) is 12.1 Å². The fourth-order valence-electron chi connectivity index (χ4n) is 2.10. The first kappa shape index (κ1) is 13.1. The molecule has 0 aliphatic rings. The Morgan fingerprint density at radius 2 is 2.05 bits per heavy atom. The van der Waals surface area contributed by atoms with Crippen molar-refractivity contribution >= 4 is 29.0 Å². The number of halogens is 2. The lowest BCUT2D eigenvalue weighted by atomic mass is 10.0. The van der Waals surface area contributed by atoms with Crippen LogP contribution in [0.3, 0.4) is 0 Å². The van der Waals surface area contributed by atoms with Gasteiger partial charge in [0.1, 0.15) is 11.5 Å². The molecule has 2 heterocycles. The second kappa shape index (κ2) is 4.89. The molecule has 0 bridgehead atoms. The third kappa shape index (κ3) is 2.07. The number of hydrogen-bond acceptors (Lipinski definition) is 3. The largest absolute Gasteiger partial charge is 0.472 e. The smallest absolute Gasteiger partial charge is 0.129 e. The van der Waals surface area contributed by atoms with Gasteiger partial charge in [-0.2, -0.15) is 5.10 Å². The Bertz CT molecular complexity index is 763. The van der Waals surface area contributed by atoms with Crippen LogP contribution in [0, 0.1) is 0 Å². The lowest BCUT2D eigenvalue weighted by Gasteiger charge is -2.06. The van der Waals surface area contributed by atoms with E-state index < -0.39 is 0 Å². The second-order valence-electron chi connectivity index (χ2n) is 4.37. The van der Waals surface area contributed by atoms with Crippen molar-refractivity contribution in [3.63, 3.8) is 0 Å². The minimum atomic E-state index is 0.530. The van der Waals surface area contributed by atoms with Crippen LogP contribution in [-0.2, 0) is 7.05 Å².